The van der Waals surface area contributed by atoms with Crippen molar-refractivity contribution in [3.63, 3.8) is 0 Å². The molecule has 3 aromatic carbocycles. The summed E-state index contributed by atoms with van der Waals surface area (Å²) >= 11 is 0. The van der Waals surface area contributed by atoms with Gasteiger partial charge in [0.15, 0.2) is 11.6 Å². The van der Waals surface area contributed by atoms with Crippen LogP contribution in [0.1, 0.15) is 89.0 Å². The van der Waals surface area contributed by atoms with E-state index < -0.39 is 23.3 Å². The van der Waals surface area contributed by atoms with Crippen LogP contribution in [0, 0.1) is 5.82 Å². The first-order valence-corrected chi connectivity index (χ1v) is 23.4. The topological polar surface area (TPSA) is 222 Å². The van der Waals surface area contributed by atoms with E-state index in [9.17, 15) is 28.4 Å². The van der Waals surface area contributed by atoms with Gasteiger partial charge in [0.05, 0.1) is 12.1 Å². The van der Waals surface area contributed by atoms with Gasteiger partial charge in [-0.25, -0.2) is 4.39 Å². The first kappa shape index (κ1) is 48.4. The molecule has 3 aliphatic rings. The fraction of sp³-hybridized carbons (Fsp3) is 0.400. The van der Waals surface area contributed by atoms with Gasteiger partial charge >= 0.3 is 0 Å². The molecule has 8 rings (SSSR count). The number of hydrogen-bond acceptors (Lipinski definition) is 13. The Morgan fingerprint density at radius 3 is 2.49 bits per heavy atom. The van der Waals surface area contributed by atoms with Crippen molar-refractivity contribution in [1.82, 2.24) is 40.6 Å². The minimum atomic E-state index is -0.741. The third-order valence-corrected chi connectivity index (χ3v) is 12.6. The number of carbonyl (C=O) groups excluding carboxylic acids is 5. The molecule has 18 nitrogen and oxygen atoms in total. The molecule has 0 spiro atoms. The number of imide groups is 1. The standard InChI is InChI=1S/C50H57FN10O8/c1-60-22-18-50(19-23-60,49-56-45(58-59-49)33-16-20-52-21-17-33)57-36-9-5-8-34(28-36)46(64)53-30-35-29-37(12-13-40(35)51)69-27-4-2-3-24-67-25-7-26-68-32-44(63)54-41-11-6-10-38-39(41)31-61(48(38)66)42-14-15-43(62)55-47(42)65/h5-6,8-13,16-17,20-21,28-29,42,57H,2-4,7,14-15,18-19,22-27,30-32H2,1H3,(H,53,64)(H,54,63)(H,55,62,65)(H,56,58,59). The molecule has 0 radical (unpaired) electrons. The lowest BCUT2D eigenvalue weighted by atomic mass is 9.86. The molecule has 69 heavy (non-hydrogen) atoms. The second kappa shape index (κ2) is 22.8. The molecule has 2 aromatic heterocycles. The highest BCUT2D eigenvalue weighted by Gasteiger charge is 2.41. The van der Waals surface area contributed by atoms with Crippen LogP contribution < -0.4 is 26.0 Å². The lowest BCUT2D eigenvalue weighted by Crippen LogP contribution is -2.52. The highest BCUT2D eigenvalue weighted by molar-refractivity contribution is 6.07. The summed E-state index contributed by atoms with van der Waals surface area (Å²) in [4.78, 5) is 74.3. The van der Waals surface area contributed by atoms with E-state index in [2.05, 4.69) is 53.4 Å². The molecule has 5 N–H and O–H groups in total. The molecular formula is C50H57FN10O8. The van der Waals surface area contributed by atoms with Crippen molar-refractivity contribution in [1.29, 1.82) is 0 Å². The number of hydrogen-bond donors (Lipinski definition) is 5. The van der Waals surface area contributed by atoms with Gasteiger partial charge in [-0.3, -0.25) is 34.3 Å². The van der Waals surface area contributed by atoms with Gasteiger partial charge in [0.25, 0.3) is 11.8 Å². The van der Waals surface area contributed by atoms with E-state index in [1.807, 2.05) is 24.3 Å². The number of carbonyl (C=O) groups is 5. The van der Waals surface area contributed by atoms with E-state index in [0.29, 0.717) is 72.4 Å². The molecule has 2 saturated heterocycles. The normalized spacial score (nSPS) is 16.8. The maximum absolute atomic E-state index is 14.9. The minimum Gasteiger partial charge on any atom is -0.494 e. The number of anilines is 2. The van der Waals surface area contributed by atoms with Crippen LogP contribution in [0.25, 0.3) is 11.4 Å². The van der Waals surface area contributed by atoms with Crippen LogP contribution in [-0.4, -0.2) is 119 Å². The zero-order valence-corrected chi connectivity index (χ0v) is 38.6. The van der Waals surface area contributed by atoms with Gasteiger partial charge in [-0.05, 0) is 113 Å². The Bertz CT molecular complexity index is 2620. The number of rotatable bonds is 22. The van der Waals surface area contributed by atoms with Crippen LogP contribution in [0.2, 0.25) is 0 Å². The summed E-state index contributed by atoms with van der Waals surface area (Å²) in [6, 6.07) is 19.8. The van der Waals surface area contributed by atoms with E-state index in [4.69, 9.17) is 14.2 Å². The predicted molar refractivity (Wildman–Crippen MR) is 252 cm³/mol. The molecule has 5 aromatic rings. The molecule has 5 heterocycles. The largest absolute Gasteiger partial charge is 0.494 e. The molecule has 2 fully saturated rings. The van der Waals surface area contributed by atoms with E-state index in [1.54, 1.807) is 54.9 Å². The van der Waals surface area contributed by atoms with Gasteiger partial charge in [0, 0.05) is 104 Å². The highest BCUT2D eigenvalue weighted by atomic mass is 19.1. The number of aromatic nitrogens is 4. The van der Waals surface area contributed by atoms with Crippen molar-refractivity contribution in [2.75, 3.05) is 63.8 Å². The number of nitrogens with zero attached hydrogens (tertiary/aromatic N) is 5. The Morgan fingerprint density at radius 1 is 0.884 bits per heavy atom. The van der Waals surface area contributed by atoms with Crippen LogP contribution >= 0.6 is 0 Å². The van der Waals surface area contributed by atoms with Crippen molar-refractivity contribution >= 4 is 40.9 Å². The molecule has 19 heteroatoms. The maximum Gasteiger partial charge on any atom is 0.255 e. The van der Waals surface area contributed by atoms with Gasteiger partial charge < -0.3 is 44.9 Å². The summed E-state index contributed by atoms with van der Waals surface area (Å²) in [5, 5.41) is 20.6. The summed E-state index contributed by atoms with van der Waals surface area (Å²) in [5.74, 6) is -0.418. The molecule has 5 amide bonds. The Balaban J connectivity index is 0.700. The fourth-order valence-electron chi connectivity index (χ4n) is 8.70. The van der Waals surface area contributed by atoms with Gasteiger partial charge in [0.1, 0.15) is 24.2 Å². The molecule has 362 valence electrons. The summed E-state index contributed by atoms with van der Waals surface area (Å²) < 4.78 is 32.1. The summed E-state index contributed by atoms with van der Waals surface area (Å²) in [5.41, 5.74) is 3.36. The van der Waals surface area contributed by atoms with Crippen LogP contribution in [0.4, 0.5) is 15.8 Å². The SMILES string of the molecule is CN1CCC(Nc2cccc(C(=O)NCc3cc(OCCCCCOCCCOCC(=O)Nc4cccc5c4CN(C4CCC(=O)NC4=O)C5=O)ccc3F)c2)(c2nnc(-c3ccncc3)[nH]2)CC1. The minimum absolute atomic E-state index is 0.0195. The number of likely N-dealkylation sites (tertiary alicyclic amines) is 1. The Labute approximate surface area is 399 Å². The molecule has 0 bridgehead atoms. The molecule has 3 aliphatic heterocycles. The number of fused-ring (bicyclic) bond motifs is 1. The number of nitrogens with one attached hydrogen (secondary N) is 5. The number of ether oxygens (including phenoxy) is 3. The second-order valence-corrected chi connectivity index (χ2v) is 17.5. The summed E-state index contributed by atoms with van der Waals surface area (Å²) in [7, 11) is 2.09. The van der Waals surface area contributed by atoms with Crippen LogP contribution in [0.15, 0.2) is 85.2 Å². The molecule has 0 aliphatic carbocycles. The average molecular weight is 945 g/mol. The first-order valence-electron chi connectivity index (χ1n) is 23.4. The first-order chi connectivity index (χ1) is 33.5. The monoisotopic (exact) mass is 944 g/mol. The van der Waals surface area contributed by atoms with Crippen LogP contribution in [0.3, 0.4) is 0 Å². The van der Waals surface area contributed by atoms with Crippen molar-refractivity contribution in [3.05, 3.63) is 119 Å². The molecular weight excluding hydrogens is 888 g/mol. The Hall–Kier alpha value is -7.09. The highest BCUT2D eigenvalue weighted by Crippen LogP contribution is 2.36. The van der Waals surface area contributed by atoms with E-state index in [-0.39, 0.29) is 56.2 Å². The van der Waals surface area contributed by atoms with Crippen molar-refractivity contribution in [3.8, 4) is 17.1 Å². The van der Waals surface area contributed by atoms with E-state index >= 15 is 0 Å². The van der Waals surface area contributed by atoms with Crippen molar-refractivity contribution < 1.29 is 42.6 Å². The number of H-pyrrole nitrogens is 1. The van der Waals surface area contributed by atoms with Crippen LogP contribution in [0.5, 0.6) is 5.75 Å². The third kappa shape index (κ3) is 12.3. The summed E-state index contributed by atoms with van der Waals surface area (Å²) in [6.45, 7) is 3.43. The maximum atomic E-state index is 14.9. The van der Waals surface area contributed by atoms with Gasteiger partial charge in [-0.1, -0.05) is 12.1 Å². The van der Waals surface area contributed by atoms with Gasteiger partial charge in [-0.15, -0.1) is 10.2 Å². The number of halogens is 1. The van der Waals surface area contributed by atoms with Crippen molar-refractivity contribution in [2.45, 2.75) is 76.0 Å². The lowest BCUT2D eigenvalue weighted by molar-refractivity contribution is -0.137. The fourth-order valence-corrected chi connectivity index (χ4v) is 8.70. The molecule has 0 saturated carbocycles. The predicted octanol–water partition coefficient (Wildman–Crippen LogP) is 5.34. The number of piperidine rings is 2. The van der Waals surface area contributed by atoms with Crippen molar-refractivity contribution in [2.24, 2.45) is 0 Å². The van der Waals surface area contributed by atoms with Gasteiger partial charge in [0.2, 0.25) is 17.7 Å². The Kier molecular flexibility index (Phi) is 16.0. The Morgan fingerprint density at radius 2 is 1.67 bits per heavy atom. The molecule has 1 unspecified atom stereocenters. The number of benzene rings is 3. The quantitative estimate of drug-likeness (QED) is 0.0438. The third-order valence-electron chi connectivity index (χ3n) is 12.6. The number of aromatic amines is 1. The summed E-state index contributed by atoms with van der Waals surface area (Å²) in [6.07, 6.45) is 8.43. The number of unbranched alkanes of at least 4 members (excludes halogenated alkanes) is 2. The lowest BCUT2D eigenvalue weighted by Gasteiger charge is -2.40. The van der Waals surface area contributed by atoms with E-state index in [1.165, 1.54) is 11.0 Å². The average Bonchev–Trinajstić information content (AvgIpc) is 3.99. The molecule has 1 atom stereocenters. The van der Waals surface area contributed by atoms with Gasteiger partial charge in [-0.2, -0.15) is 0 Å². The number of amides is 5. The second-order valence-electron chi connectivity index (χ2n) is 17.5. The van der Waals surface area contributed by atoms with Crippen LogP contribution in [-0.2, 0) is 42.5 Å². The van der Waals surface area contributed by atoms with E-state index in [0.717, 1.165) is 62.3 Å². The number of pyridine rings is 1. The zero-order chi connectivity index (χ0) is 48.2. The zero-order valence-electron chi connectivity index (χ0n) is 38.6. The smallest absolute Gasteiger partial charge is 0.255 e.